The van der Waals surface area contributed by atoms with Crippen molar-refractivity contribution < 1.29 is 15.3 Å². The van der Waals surface area contributed by atoms with Crippen LogP contribution in [-0.2, 0) is 6.42 Å². The number of benzene rings is 2. The maximum absolute atomic E-state index is 9.61. The molecule has 0 bridgehead atoms. The second-order valence-electron chi connectivity index (χ2n) is 3.63. The Kier molecular flexibility index (Phi) is 2.68. The summed E-state index contributed by atoms with van der Waals surface area (Å²) >= 11 is 0. The molecular weight excluding hydrogens is 204 g/mol. The third kappa shape index (κ3) is 2.08. The second-order valence-corrected chi connectivity index (χ2v) is 3.63. The van der Waals surface area contributed by atoms with Gasteiger partial charge in [-0.3, -0.25) is 0 Å². The van der Waals surface area contributed by atoms with Crippen molar-refractivity contribution in [1.82, 2.24) is 0 Å². The maximum Gasteiger partial charge on any atom is 0.161 e. The van der Waals surface area contributed by atoms with Crippen molar-refractivity contribution in [2.24, 2.45) is 0 Å². The third-order valence-corrected chi connectivity index (χ3v) is 2.41. The van der Waals surface area contributed by atoms with Crippen LogP contribution in [0.15, 0.2) is 42.5 Å². The minimum atomic E-state index is -0.311. The van der Waals surface area contributed by atoms with Crippen LogP contribution in [0.2, 0.25) is 0 Å². The van der Waals surface area contributed by atoms with E-state index in [2.05, 4.69) is 0 Å². The molecule has 0 fully saturated rings. The van der Waals surface area contributed by atoms with Crippen LogP contribution in [0.25, 0.3) is 0 Å². The van der Waals surface area contributed by atoms with Crippen molar-refractivity contribution in [3.05, 3.63) is 53.6 Å². The first-order valence-corrected chi connectivity index (χ1v) is 4.94. The van der Waals surface area contributed by atoms with Crippen LogP contribution in [-0.4, -0.2) is 15.3 Å². The first kappa shape index (κ1) is 10.4. The minimum Gasteiger partial charge on any atom is -0.508 e. The molecule has 0 spiro atoms. The van der Waals surface area contributed by atoms with E-state index in [1.54, 1.807) is 0 Å². The fraction of sp³-hybridized carbons (Fsp3) is 0.0769. The van der Waals surface area contributed by atoms with Gasteiger partial charge in [-0.1, -0.05) is 30.3 Å². The fourth-order valence-corrected chi connectivity index (χ4v) is 1.57. The molecule has 2 aromatic rings. The highest BCUT2D eigenvalue weighted by Crippen LogP contribution is 2.33. The summed E-state index contributed by atoms with van der Waals surface area (Å²) in [6, 6.07) is 12.1. The zero-order valence-corrected chi connectivity index (χ0v) is 8.59. The van der Waals surface area contributed by atoms with Gasteiger partial charge >= 0.3 is 0 Å². The minimum absolute atomic E-state index is 0.0147. The van der Waals surface area contributed by atoms with Crippen LogP contribution in [0.1, 0.15) is 11.1 Å². The van der Waals surface area contributed by atoms with E-state index in [4.69, 9.17) is 0 Å². The lowest BCUT2D eigenvalue weighted by atomic mass is 10.0. The van der Waals surface area contributed by atoms with Crippen LogP contribution < -0.4 is 0 Å². The van der Waals surface area contributed by atoms with Gasteiger partial charge in [-0.2, -0.15) is 0 Å². The van der Waals surface area contributed by atoms with Gasteiger partial charge < -0.3 is 15.3 Å². The summed E-state index contributed by atoms with van der Waals surface area (Å²) in [5.74, 6) is -0.544. The van der Waals surface area contributed by atoms with E-state index in [1.807, 2.05) is 30.3 Å². The van der Waals surface area contributed by atoms with Crippen LogP contribution >= 0.6 is 0 Å². The first-order valence-electron chi connectivity index (χ1n) is 4.94. The van der Waals surface area contributed by atoms with Gasteiger partial charge in [0.05, 0.1) is 0 Å². The summed E-state index contributed by atoms with van der Waals surface area (Å²) < 4.78 is 0. The molecule has 0 atom stereocenters. The SMILES string of the molecule is Oc1cc(O)c(Cc2ccccc2)cc1O. The average Bonchev–Trinajstić information content (AvgIpc) is 2.27. The van der Waals surface area contributed by atoms with Crippen molar-refractivity contribution in [1.29, 1.82) is 0 Å². The normalized spacial score (nSPS) is 10.2. The molecule has 2 aromatic carbocycles. The number of aromatic hydroxyl groups is 3. The van der Waals surface area contributed by atoms with E-state index in [9.17, 15) is 15.3 Å². The summed E-state index contributed by atoms with van der Waals surface area (Å²) in [4.78, 5) is 0. The number of hydrogen-bond acceptors (Lipinski definition) is 3. The number of phenolic OH excluding ortho intramolecular Hbond substituents is 3. The number of hydrogen-bond donors (Lipinski definition) is 3. The Hall–Kier alpha value is -2.16. The summed E-state index contributed by atoms with van der Waals surface area (Å²) in [5.41, 5.74) is 1.62. The maximum atomic E-state index is 9.61. The molecule has 82 valence electrons. The molecule has 0 unspecified atom stereocenters. The van der Waals surface area contributed by atoms with E-state index in [0.29, 0.717) is 12.0 Å². The molecule has 0 aliphatic carbocycles. The highest BCUT2D eigenvalue weighted by molar-refractivity contribution is 5.49. The molecule has 3 N–H and O–H groups in total. The number of rotatable bonds is 2. The lowest BCUT2D eigenvalue weighted by Crippen LogP contribution is -1.88. The lowest BCUT2D eigenvalue weighted by molar-refractivity contribution is 0.395. The Labute approximate surface area is 93.2 Å². The molecule has 0 aliphatic rings. The molecule has 0 heterocycles. The van der Waals surface area contributed by atoms with Crippen molar-refractivity contribution >= 4 is 0 Å². The van der Waals surface area contributed by atoms with E-state index in [1.165, 1.54) is 6.07 Å². The Morgan fingerprint density at radius 3 is 2.06 bits per heavy atom. The molecule has 3 heteroatoms. The Morgan fingerprint density at radius 1 is 0.750 bits per heavy atom. The Bertz CT molecular complexity index is 492. The summed E-state index contributed by atoms with van der Waals surface area (Å²) in [6.45, 7) is 0. The van der Waals surface area contributed by atoms with Crippen molar-refractivity contribution in [2.75, 3.05) is 0 Å². The van der Waals surface area contributed by atoms with Gasteiger partial charge in [0.25, 0.3) is 0 Å². The first-order chi connectivity index (χ1) is 7.66. The molecule has 3 nitrogen and oxygen atoms in total. The van der Waals surface area contributed by atoms with Gasteiger partial charge in [0.15, 0.2) is 11.5 Å². The van der Waals surface area contributed by atoms with Gasteiger partial charge in [0.2, 0.25) is 0 Å². The average molecular weight is 216 g/mol. The van der Waals surface area contributed by atoms with E-state index in [0.717, 1.165) is 11.6 Å². The quantitative estimate of drug-likeness (QED) is 0.533. The van der Waals surface area contributed by atoms with Crippen LogP contribution in [0.5, 0.6) is 17.2 Å². The molecule has 0 radical (unpaired) electrons. The van der Waals surface area contributed by atoms with Crippen LogP contribution in [0.3, 0.4) is 0 Å². The van der Waals surface area contributed by atoms with Gasteiger partial charge in [0.1, 0.15) is 5.75 Å². The Morgan fingerprint density at radius 2 is 1.38 bits per heavy atom. The van der Waals surface area contributed by atoms with Gasteiger partial charge in [-0.15, -0.1) is 0 Å². The molecule has 2 rings (SSSR count). The molecule has 0 saturated heterocycles. The predicted molar refractivity (Wildman–Crippen MR) is 60.7 cm³/mol. The zero-order valence-electron chi connectivity index (χ0n) is 8.59. The smallest absolute Gasteiger partial charge is 0.161 e. The van der Waals surface area contributed by atoms with Crippen molar-refractivity contribution in [3.8, 4) is 17.2 Å². The fourth-order valence-electron chi connectivity index (χ4n) is 1.57. The zero-order chi connectivity index (χ0) is 11.5. The molecule has 0 amide bonds. The summed E-state index contributed by atoms with van der Waals surface area (Å²) in [6.07, 6.45) is 0.514. The third-order valence-electron chi connectivity index (χ3n) is 2.41. The number of phenols is 3. The monoisotopic (exact) mass is 216 g/mol. The predicted octanol–water partition coefficient (Wildman–Crippen LogP) is 2.39. The highest BCUT2D eigenvalue weighted by atomic mass is 16.3. The molecule has 0 saturated carbocycles. The molecule has 0 aliphatic heterocycles. The summed E-state index contributed by atoms with van der Waals surface area (Å²) in [7, 11) is 0. The van der Waals surface area contributed by atoms with Crippen LogP contribution in [0, 0.1) is 0 Å². The molecule has 0 aromatic heterocycles. The molecular formula is C13H12O3. The van der Waals surface area contributed by atoms with Gasteiger partial charge in [-0.25, -0.2) is 0 Å². The standard InChI is InChI=1S/C13H12O3/c14-11-8-13(16)12(15)7-10(11)6-9-4-2-1-3-5-9/h1-5,7-8,14-16H,6H2. The van der Waals surface area contributed by atoms with Crippen molar-refractivity contribution in [2.45, 2.75) is 6.42 Å². The summed E-state index contributed by atoms with van der Waals surface area (Å²) in [5, 5.41) is 28.1. The van der Waals surface area contributed by atoms with Gasteiger partial charge in [0, 0.05) is 18.1 Å². The van der Waals surface area contributed by atoms with Gasteiger partial charge in [-0.05, 0) is 11.6 Å². The lowest BCUT2D eigenvalue weighted by Gasteiger charge is -2.06. The topological polar surface area (TPSA) is 60.7 Å². The largest absolute Gasteiger partial charge is 0.508 e. The van der Waals surface area contributed by atoms with Crippen molar-refractivity contribution in [3.63, 3.8) is 0 Å². The molecule has 16 heavy (non-hydrogen) atoms. The van der Waals surface area contributed by atoms with E-state index < -0.39 is 0 Å². The second kappa shape index (κ2) is 4.14. The Balaban J connectivity index is 2.32. The van der Waals surface area contributed by atoms with Crippen LogP contribution in [0.4, 0.5) is 0 Å². The highest BCUT2D eigenvalue weighted by Gasteiger charge is 2.08. The van der Waals surface area contributed by atoms with E-state index >= 15 is 0 Å². The van der Waals surface area contributed by atoms with E-state index in [-0.39, 0.29) is 17.2 Å².